The molecule has 30 heavy (non-hydrogen) atoms. The highest BCUT2D eigenvalue weighted by atomic mass is 32.1. The molecule has 1 aliphatic heterocycles. The molecular weight excluding hydrogens is 396 g/mol. The summed E-state index contributed by atoms with van der Waals surface area (Å²) in [5.41, 5.74) is 1.09. The second-order valence-corrected chi connectivity index (χ2v) is 8.59. The van der Waals surface area contributed by atoms with Gasteiger partial charge in [-0.15, -0.1) is 11.3 Å². The van der Waals surface area contributed by atoms with Gasteiger partial charge in [-0.25, -0.2) is 4.98 Å². The third-order valence-corrected chi connectivity index (χ3v) is 6.64. The van der Waals surface area contributed by atoms with E-state index in [9.17, 15) is 4.79 Å². The van der Waals surface area contributed by atoms with Gasteiger partial charge in [-0.3, -0.25) is 4.79 Å². The van der Waals surface area contributed by atoms with E-state index in [0.29, 0.717) is 25.6 Å². The predicted octanol–water partition coefficient (Wildman–Crippen LogP) is 5.26. The average molecular weight is 425 g/mol. The van der Waals surface area contributed by atoms with E-state index in [4.69, 9.17) is 14.5 Å². The van der Waals surface area contributed by atoms with Crippen LogP contribution in [0, 0.1) is 0 Å². The first-order valence-electron chi connectivity index (χ1n) is 10.7. The molecule has 0 unspecified atom stereocenters. The fourth-order valence-electron chi connectivity index (χ4n) is 3.81. The van der Waals surface area contributed by atoms with Crippen LogP contribution in [0.1, 0.15) is 43.5 Å². The van der Waals surface area contributed by atoms with Crippen LogP contribution in [0.25, 0.3) is 10.2 Å². The SMILES string of the molecule is CCOc1ccc(OCCCC(=O)N2CCC(c3nc4ccccc4s3)CC2)cc1. The lowest BCUT2D eigenvalue weighted by molar-refractivity contribution is -0.132. The second kappa shape index (κ2) is 9.94. The highest BCUT2D eigenvalue weighted by molar-refractivity contribution is 7.18. The summed E-state index contributed by atoms with van der Waals surface area (Å²) >= 11 is 1.79. The van der Waals surface area contributed by atoms with Gasteiger partial charge in [0, 0.05) is 25.4 Å². The van der Waals surface area contributed by atoms with Crippen molar-refractivity contribution in [3.05, 3.63) is 53.5 Å². The van der Waals surface area contributed by atoms with Crippen molar-refractivity contribution in [2.24, 2.45) is 0 Å². The maximum Gasteiger partial charge on any atom is 0.222 e. The Morgan fingerprint density at radius 3 is 2.47 bits per heavy atom. The van der Waals surface area contributed by atoms with Gasteiger partial charge in [-0.1, -0.05) is 12.1 Å². The molecule has 1 aromatic heterocycles. The summed E-state index contributed by atoms with van der Waals surface area (Å²) in [6, 6.07) is 15.9. The monoisotopic (exact) mass is 424 g/mol. The van der Waals surface area contributed by atoms with Crippen molar-refractivity contribution in [1.82, 2.24) is 9.88 Å². The molecule has 0 aliphatic carbocycles. The van der Waals surface area contributed by atoms with Crippen LogP contribution in [-0.2, 0) is 4.79 Å². The third-order valence-electron chi connectivity index (χ3n) is 5.45. The lowest BCUT2D eigenvalue weighted by atomic mass is 9.97. The predicted molar refractivity (Wildman–Crippen MR) is 121 cm³/mol. The summed E-state index contributed by atoms with van der Waals surface area (Å²) in [5.74, 6) is 2.35. The van der Waals surface area contributed by atoms with E-state index in [1.807, 2.05) is 42.2 Å². The van der Waals surface area contributed by atoms with Crippen LogP contribution in [0.2, 0.25) is 0 Å². The number of fused-ring (bicyclic) bond motifs is 1. The summed E-state index contributed by atoms with van der Waals surface area (Å²) in [5, 5.41) is 1.21. The fourth-order valence-corrected chi connectivity index (χ4v) is 4.95. The molecule has 4 rings (SSSR count). The molecule has 0 bridgehead atoms. The maximum absolute atomic E-state index is 12.6. The van der Waals surface area contributed by atoms with Crippen molar-refractivity contribution in [1.29, 1.82) is 0 Å². The van der Waals surface area contributed by atoms with Gasteiger partial charge in [0.2, 0.25) is 5.91 Å². The first-order valence-corrected chi connectivity index (χ1v) is 11.5. The van der Waals surface area contributed by atoms with E-state index in [1.165, 1.54) is 9.71 Å². The molecule has 6 heteroatoms. The number of benzene rings is 2. The zero-order valence-corrected chi connectivity index (χ0v) is 18.2. The zero-order chi connectivity index (χ0) is 20.8. The van der Waals surface area contributed by atoms with E-state index in [2.05, 4.69) is 18.2 Å². The number of carbonyl (C=O) groups is 1. The number of nitrogens with zero attached hydrogens (tertiary/aromatic N) is 2. The van der Waals surface area contributed by atoms with E-state index >= 15 is 0 Å². The number of rotatable bonds is 8. The van der Waals surface area contributed by atoms with Gasteiger partial charge in [0.15, 0.2) is 0 Å². The van der Waals surface area contributed by atoms with E-state index in [-0.39, 0.29) is 5.91 Å². The Balaban J connectivity index is 1.18. The van der Waals surface area contributed by atoms with Crippen molar-refractivity contribution in [2.75, 3.05) is 26.3 Å². The minimum atomic E-state index is 0.230. The number of aromatic nitrogens is 1. The summed E-state index contributed by atoms with van der Waals surface area (Å²) in [6.45, 7) is 4.80. The summed E-state index contributed by atoms with van der Waals surface area (Å²) in [4.78, 5) is 19.4. The van der Waals surface area contributed by atoms with Crippen molar-refractivity contribution >= 4 is 27.5 Å². The Labute approximate surface area is 181 Å². The van der Waals surface area contributed by atoms with Gasteiger partial charge < -0.3 is 14.4 Å². The number of carbonyl (C=O) groups excluding carboxylic acids is 1. The second-order valence-electron chi connectivity index (χ2n) is 7.53. The topological polar surface area (TPSA) is 51.7 Å². The van der Waals surface area contributed by atoms with Crippen LogP contribution in [0.4, 0.5) is 0 Å². The minimum Gasteiger partial charge on any atom is -0.494 e. The Hall–Kier alpha value is -2.60. The quantitative estimate of drug-likeness (QED) is 0.463. The van der Waals surface area contributed by atoms with Crippen LogP contribution in [0.5, 0.6) is 11.5 Å². The highest BCUT2D eigenvalue weighted by Gasteiger charge is 2.25. The molecule has 1 amide bonds. The highest BCUT2D eigenvalue weighted by Crippen LogP contribution is 2.33. The Kier molecular flexibility index (Phi) is 6.84. The molecule has 2 aromatic carbocycles. The van der Waals surface area contributed by atoms with Crippen LogP contribution in [-0.4, -0.2) is 42.1 Å². The molecule has 0 saturated carbocycles. The first-order chi connectivity index (χ1) is 14.7. The van der Waals surface area contributed by atoms with Crippen molar-refractivity contribution in [2.45, 2.75) is 38.5 Å². The number of hydrogen-bond donors (Lipinski definition) is 0. The van der Waals surface area contributed by atoms with Crippen LogP contribution >= 0.6 is 11.3 Å². The van der Waals surface area contributed by atoms with Crippen LogP contribution in [0.15, 0.2) is 48.5 Å². The van der Waals surface area contributed by atoms with Crippen LogP contribution in [0.3, 0.4) is 0 Å². The van der Waals surface area contributed by atoms with Crippen molar-refractivity contribution < 1.29 is 14.3 Å². The smallest absolute Gasteiger partial charge is 0.222 e. The standard InChI is InChI=1S/C24H28N2O3S/c1-2-28-19-9-11-20(12-10-19)29-17-5-8-23(27)26-15-13-18(14-16-26)24-25-21-6-3-4-7-22(21)30-24/h3-4,6-7,9-12,18H,2,5,8,13-17H2,1H3. The molecule has 5 nitrogen and oxygen atoms in total. The van der Waals surface area contributed by atoms with Gasteiger partial charge in [0.05, 0.1) is 28.4 Å². The van der Waals surface area contributed by atoms with Gasteiger partial charge in [0.1, 0.15) is 11.5 Å². The van der Waals surface area contributed by atoms with Gasteiger partial charge >= 0.3 is 0 Å². The molecule has 1 fully saturated rings. The molecule has 2 heterocycles. The summed E-state index contributed by atoms with van der Waals surface area (Å²) in [7, 11) is 0. The van der Waals surface area contributed by atoms with E-state index in [1.54, 1.807) is 11.3 Å². The molecule has 1 saturated heterocycles. The lowest BCUT2D eigenvalue weighted by Crippen LogP contribution is -2.37. The molecule has 0 radical (unpaired) electrons. The molecular formula is C24H28N2O3S. The van der Waals surface area contributed by atoms with Gasteiger partial charge in [0.25, 0.3) is 0 Å². The molecule has 0 atom stereocenters. The van der Waals surface area contributed by atoms with Gasteiger partial charge in [-0.2, -0.15) is 0 Å². The number of piperidine rings is 1. The van der Waals surface area contributed by atoms with Crippen molar-refractivity contribution in [3.63, 3.8) is 0 Å². The number of thiazole rings is 1. The molecule has 1 aliphatic rings. The van der Waals surface area contributed by atoms with Gasteiger partial charge in [-0.05, 0) is 62.6 Å². The molecule has 158 valence electrons. The molecule has 0 N–H and O–H groups in total. The van der Waals surface area contributed by atoms with Crippen molar-refractivity contribution in [3.8, 4) is 11.5 Å². The molecule has 3 aromatic rings. The Morgan fingerprint density at radius 1 is 1.07 bits per heavy atom. The van der Waals surface area contributed by atoms with E-state index < -0.39 is 0 Å². The number of para-hydroxylation sites is 1. The number of hydrogen-bond acceptors (Lipinski definition) is 5. The average Bonchev–Trinajstić information content (AvgIpc) is 3.22. The molecule has 0 spiro atoms. The Morgan fingerprint density at radius 2 is 1.77 bits per heavy atom. The third kappa shape index (κ3) is 5.11. The number of ether oxygens (including phenoxy) is 2. The fraction of sp³-hybridized carbons (Fsp3) is 0.417. The lowest BCUT2D eigenvalue weighted by Gasteiger charge is -2.31. The maximum atomic E-state index is 12.6. The first kappa shape index (κ1) is 20.7. The largest absolute Gasteiger partial charge is 0.494 e. The zero-order valence-electron chi connectivity index (χ0n) is 17.4. The summed E-state index contributed by atoms with van der Waals surface area (Å²) < 4.78 is 12.4. The minimum absolute atomic E-state index is 0.230. The normalized spacial score (nSPS) is 14.8. The number of amides is 1. The van der Waals surface area contributed by atoms with Crippen LogP contribution < -0.4 is 9.47 Å². The number of likely N-dealkylation sites (tertiary alicyclic amines) is 1. The summed E-state index contributed by atoms with van der Waals surface area (Å²) in [6.07, 6.45) is 3.25. The Bertz CT molecular complexity index is 929. The van der Waals surface area contributed by atoms with E-state index in [0.717, 1.165) is 49.4 Å².